The number of guanidine groups is 1. The van der Waals surface area contributed by atoms with Crippen LogP contribution in [0.3, 0.4) is 0 Å². The second-order valence-corrected chi connectivity index (χ2v) is 6.56. The van der Waals surface area contributed by atoms with Crippen molar-refractivity contribution in [2.45, 2.75) is 33.2 Å². The minimum absolute atomic E-state index is 0.0278. The van der Waals surface area contributed by atoms with Crippen LogP contribution in [-0.4, -0.2) is 48.8 Å². The van der Waals surface area contributed by atoms with Crippen LogP contribution in [0.4, 0.5) is 5.82 Å². The number of anilines is 1. The monoisotopic (exact) mass is 383 g/mol. The number of aliphatic hydroxyl groups is 1. The molecular formula is C22H33N5O. The Hall–Kier alpha value is -2.60. The lowest BCUT2D eigenvalue weighted by Crippen LogP contribution is -2.39. The maximum absolute atomic E-state index is 9.73. The van der Waals surface area contributed by atoms with Gasteiger partial charge in [-0.05, 0) is 38.0 Å². The number of hydrogen-bond donors (Lipinski definition) is 3. The Labute approximate surface area is 168 Å². The Morgan fingerprint density at radius 2 is 1.82 bits per heavy atom. The summed E-state index contributed by atoms with van der Waals surface area (Å²) in [5.74, 6) is 1.76. The average Bonchev–Trinajstić information content (AvgIpc) is 2.75. The van der Waals surface area contributed by atoms with Crippen molar-refractivity contribution < 1.29 is 5.11 Å². The van der Waals surface area contributed by atoms with Crippen LogP contribution in [-0.2, 0) is 6.54 Å². The van der Waals surface area contributed by atoms with Gasteiger partial charge in [-0.15, -0.1) is 0 Å². The van der Waals surface area contributed by atoms with Crippen molar-refractivity contribution in [3.63, 3.8) is 0 Å². The van der Waals surface area contributed by atoms with Crippen LogP contribution in [0.5, 0.6) is 0 Å². The summed E-state index contributed by atoms with van der Waals surface area (Å²) in [6.07, 6.45) is 1.89. The molecule has 0 aliphatic rings. The van der Waals surface area contributed by atoms with E-state index in [1.54, 1.807) is 0 Å². The third-order valence-corrected chi connectivity index (χ3v) is 4.67. The number of hydrogen-bond acceptors (Lipinski definition) is 4. The van der Waals surface area contributed by atoms with Gasteiger partial charge < -0.3 is 20.6 Å². The second-order valence-electron chi connectivity index (χ2n) is 6.56. The molecule has 0 amide bonds. The third-order valence-electron chi connectivity index (χ3n) is 4.67. The minimum atomic E-state index is 0.0278. The summed E-state index contributed by atoms with van der Waals surface area (Å²) in [6, 6.07) is 14.2. The maximum atomic E-state index is 9.73. The van der Waals surface area contributed by atoms with Crippen molar-refractivity contribution in [2.75, 3.05) is 37.7 Å². The van der Waals surface area contributed by atoms with E-state index in [2.05, 4.69) is 51.5 Å². The maximum Gasteiger partial charge on any atom is 0.191 e. The fourth-order valence-electron chi connectivity index (χ4n) is 2.99. The number of pyridine rings is 1. The summed E-state index contributed by atoms with van der Waals surface area (Å²) in [5, 5.41) is 16.3. The molecule has 0 aliphatic carbocycles. The predicted molar refractivity (Wildman–Crippen MR) is 117 cm³/mol. The lowest BCUT2D eigenvalue weighted by molar-refractivity contribution is 0.265. The highest BCUT2D eigenvalue weighted by Gasteiger charge is 2.11. The van der Waals surface area contributed by atoms with Crippen molar-refractivity contribution >= 4 is 11.8 Å². The van der Waals surface area contributed by atoms with Crippen molar-refractivity contribution in [1.29, 1.82) is 0 Å². The highest BCUT2D eigenvalue weighted by molar-refractivity contribution is 5.79. The van der Waals surface area contributed by atoms with Crippen molar-refractivity contribution in [2.24, 2.45) is 4.99 Å². The number of aromatic nitrogens is 1. The number of nitrogens with one attached hydrogen (secondary N) is 2. The molecule has 1 heterocycles. The molecular weight excluding hydrogens is 350 g/mol. The van der Waals surface area contributed by atoms with Gasteiger partial charge in [-0.25, -0.2) is 9.98 Å². The molecule has 6 nitrogen and oxygen atoms in total. The lowest BCUT2D eigenvalue weighted by Gasteiger charge is -2.19. The van der Waals surface area contributed by atoms with E-state index in [4.69, 9.17) is 0 Å². The van der Waals surface area contributed by atoms with Gasteiger partial charge in [0.25, 0.3) is 0 Å². The Morgan fingerprint density at radius 1 is 1.07 bits per heavy atom. The largest absolute Gasteiger partial charge is 0.396 e. The van der Waals surface area contributed by atoms with Crippen LogP contribution in [0.15, 0.2) is 53.7 Å². The quantitative estimate of drug-likeness (QED) is 0.435. The van der Waals surface area contributed by atoms with Crippen molar-refractivity contribution in [3.8, 4) is 0 Å². The molecule has 0 saturated carbocycles. The van der Waals surface area contributed by atoms with Gasteiger partial charge in [0.15, 0.2) is 5.96 Å². The van der Waals surface area contributed by atoms with E-state index >= 15 is 0 Å². The zero-order valence-corrected chi connectivity index (χ0v) is 17.2. The molecule has 3 N–H and O–H groups in total. The molecule has 0 fully saturated rings. The summed E-state index contributed by atoms with van der Waals surface area (Å²) < 4.78 is 0. The number of aliphatic hydroxyl groups excluding tert-OH is 1. The first kappa shape index (κ1) is 21.7. The van der Waals surface area contributed by atoms with Gasteiger partial charge in [-0.3, -0.25) is 0 Å². The molecule has 0 bridgehead atoms. The van der Waals surface area contributed by atoms with Crippen LogP contribution in [0.2, 0.25) is 0 Å². The van der Waals surface area contributed by atoms with Gasteiger partial charge in [0.2, 0.25) is 0 Å². The lowest BCUT2D eigenvalue weighted by atomic mass is 10.0. The first-order valence-corrected chi connectivity index (χ1v) is 10.1. The SMILES string of the molecule is CCNC(=NCc1ccc(N(CC)CC)nc1)NCC(CO)c1ccccc1. The molecule has 2 aromatic rings. The molecule has 1 aromatic carbocycles. The summed E-state index contributed by atoms with van der Waals surface area (Å²) in [6.45, 7) is 10.2. The number of nitrogens with zero attached hydrogens (tertiary/aromatic N) is 3. The Balaban J connectivity index is 1.97. The number of benzene rings is 1. The summed E-state index contributed by atoms with van der Waals surface area (Å²) in [4.78, 5) is 11.4. The predicted octanol–water partition coefficient (Wildman–Crippen LogP) is 2.76. The van der Waals surface area contributed by atoms with E-state index in [1.807, 2.05) is 43.5 Å². The Bertz CT molecular complexity index is 699. The zero-order chi connectivity index (χ0) is 20.2. The van der Waals surface area contributed by atoms with Crippen molar-refractivity contribution in [1.82, 2.24) is 15.6 Å². The molecule has 0 radical (unpaired) electrons. The summed E-state index contributed by atoms with van der Waals surface area (Å²) >= 11 is 0. The summed E-state index contributed by atoms with van der Waals surface area (Å²) in [7, 11) is 0. The summed E-state index contributed by atoms with van der Waals surface area (Å²) in [5.41, 5.74) is 2.18. The molecule has 28 heavy (non-hydrogen) atoms. The number of aliphatic imine (C=N–C) groups is 1. The molecule has 1 aromatic heterocycles. The van der Waals surface area contributed by atoms with Crippen LogP contribution < -0.4 is 15.5 Å². The smallest absolute Gasteiger partial charge is 0.191 e. The molecule has 1 atom stereocenters. The van der Waals surface area contributed by atoms with Crippen molar-refractivity contribution in [3.05, 3.63) is 59.8 Å². The molecule has 0 aliphatic heterocycles. The van der Waals surface area contributed by atoms with Crippen LogP contribution in [0, 0.1) is 0 Å². The molecule has 2 rings (SSSR count). The van der Waals surface area contributed by atoms with Gasteiger partial charge in [0.1, 0.15) is 5.82 Å². The molecule has 152 valence electrons. The van der Waals surface area contributed by atoms with Gasteiger partial charge >= 0.3 is 0 Å². The van der Waals surface area contributed by atoms with E-state index in [0.717, 1.165) is 42.5 Å². The second kappa shape index (κ2) is 12.0. The van der Waals surface area contributed by atoms with Gasteiger partial charge in [-0.2, -0.15) is 0 Å². The fourth-order valence-corrected chi connectivity index (χ4v) is 2.99. The van der Waals surface area contributed by atoms with Crippen LogP contribution >= 0.6 is 0 Å². The molecule has 1 unspecified atom stereocenters. The van der Waals surface area contributed by atoms with Gasteiger partial charge in [-0.1, -0.05) is 36.4 Å². The van der Waals surface area contributed by atoms with Crippen LogP contribution in [0.1, 0.15) is 37.8 Å². The fraction of sp³-hybridized carbons (Fsp3) is 0.455. The van der Waals surface area contributed by atoms with E-state index < -0.39 is 0 Å². The first-order valence-electron chi connectivity index (χ1n) is 10.1. The highest BCUT2D eigenvalue weighted by atomic mass is 16.3. The number of rotatable bonds is 10. The average molecular weight is 384 g/mol. The van der Waals surface area contributed by atoms with Gasteiger partial charge in [0, 0.05) is 38.3 Å². The first-order chi connectivity index (χ1) is 13.7. The Kier molecular flexibility index (Phi) is 9.28. The Morgan fingerprint density at radius 3 is 2.39 bits per heavy atom. The van der Waals surface area contributed by atoms with E-state index in [1.165, 1.54) is 0 Å². The minimum Gasteiger partial charge on any atom is -0.396 e. The zero-order valence-electron chi connectivity index (χ0n) is 17.2. The molecule has 0 saturated heterocycles. The third kappa shape index (κ3) is 6.53. The molecule has 6 heteroatoms. The highest BCUT2D eigenvalue weighted by Crippen LogP contribution is 2.14. The normalized spacial score (nSPS) is 12.5. The van der Waals surface area contributed by atoms with E-state index in [0.29, 0.717) is 13.1 Å². The topological polar surface area (TPSA) is 72.8 Å². The van der Waals surface area contributed by atoms with Crippen LogP contribution in [0.25, 0.3) is 0 Å². The van der Waals surface area contributed by atoms with E-state index in [-0.39, 0.29) is 12.5 Å². The van der Waals surface area contributed by atoms with Gasteiger partial charge in [0.05, 0.1) is 13.2 Å². The standard InChI is InChI=1S/C22H33N5O/c1-4-23-22(26-16-20(17-28)19-10-8-7-9-11-19)25-15-18-12-13-21(24-14-18)27(5-2)6-3/h7-14,20,28H,4-6,15-17H2,1-3H3,(H2,23,25,26). The molecule has 0 spiro atoms. The van der Waals surface area contributed by atoms with E-state index in [9.17, 15) is 5.11 Å².